The van der Waals surface area contributed by atoms with Crippen molar-refractivity contribution >= 4 is 5.95 Å². The molecule has 106 valence electrons. The van der Waals surface area contributed by atoms with Gasteiger partial charge in [0.05, 0.1) is 11.7 Å². The number of nitrogens with one attached hydrogen (secondary N) is 1. The van der Waals surface area contributed by atoms with Crippen molar-refractivity contribution in [2.24, 2.45) is 0 Å². The van der Waals surface area contributed by atoms with Crippen molar-refractivity contribution in [1.29, 1.82) is 0 Å². The molecule has 4 nitrogen and oxygen atoms in total. The average Bonchev–Trinajstić information content (AvgIpc) is 2.89. The fourth-order valence-electron chi connectivity index (χ4n) is 2.31. The molecule has 3 rings (SSSR count). The molecule has 1 unspecified atom stereocenters. The average molecular weight is 278 g/mol. The van der Waals surface area contributed by atoms with Crippen LogP contribution in [0.2, 0.25) is 0 Å². The number of rotatable bonds is 4. The monoisotopic (exact) mass is 278 g/mol. The molecule has 2 aromatic heterocycles. The van der Waals surface area contributed by atoms with Crippen molar-refractivity contribution < 1.29 is 0 Å². The van der Waals surface area contributed by atoms with Gasteiger partial charge in [0.2, 0.25) is 5.95 Å². The van der Waals surface area contributed by atoms with E-state index in [2.05, 4.69) is 38.9 Å². The van der Waals surface area contributed by atoms with Gasteiger partial charge in [-0.1, -0.05) is 18.2 Å². The van der Waals surface area contributed by atoms with Crippen LogP contribution in [0.15, 0.2) is 61.1 Å². The molecule has 0 aliphatic carbocycles. The maximum atomic E-state index is 4.59. The minimum Gasteiger partial charge on any atom is -0.349 e. The number of nitrogens with zero attached hydrogens (tertiary/aromatic N) is 3. The molecule has 21 heavy (non-hydrogen) atoms. The molecule has 0 aliphatic heterocycles. The molecule has 0 bridgehead atoms. The van der Waals surface area contributed by atoms with E-state index in [0.717, 1.165) is 17.3 Å². The largest absolute Gasteiger partial charge is 0.349 e. The Morgan fingerprint density at radius 2 is 1.76 bits per heavy atom. The Morgan fingerprint density at radius 1 is 1.05 bits per heavy atom. The number of anilines is 1. The molecule has 0 fully saturated rings. The molecule has 0 saturated heterocycles. The van der Waals surface area contributed by atoms with Crippen LogP contribution in [0.25, 0.3) is 5.69 Å². The number of aromatic nitrogens is 3. The number of aryl methyl sites for hydroxylation is 1. The van der Waals surface area contributed by atoms with Gasteiger partial charge in [0.1, 0.15) is 0 Å². The normalized spacial score (nSPS) is 12.1. The third kappa shape index (κ3) is 2.94. The van der Waals surface area contributed by atoms with Crippen LogP contribution in [0, 0.1) is 6.92 Å². The molecule has 1 atom stereocenters. The molecule has 0 radical (unpaired) electrons. The minimum absolute atomic E-state index is 0.164. The second-order valence-corrected chi connectivity index (χ2v) is 5.06. The molecule has 0 aliphatic rings. The molecule has 2 heterocycles. The molecule has 4 heteroatoms. The predicted molar refractivity (Wildman–Crippen MR) is 84.6 cm³/mol. The van der Waals surface area contributed by atoms with E-state index in [0.29, 0.717) is 0 Å². The third-order valence-electron chi connectivity index (χ3n) is 3.41. The van der Waals surface area contributed by atoms with E-state index < -0.39 is 0 Å². The van der Waals surface area contributed by atoms with Gasteiger partial charge in [-0.05, 0) is 43.7 Å². The number of pyridine rings is 1. The molecule has 0 amide bonds. The van der Waals surface area contributed by atoms with Crippen LogP contribution in [0.3, 0.4) is 0 Å². The first-order valence-electron chi connectivity index (χ1n) is 7.02. The van der Waals surface area contributed by atoms with Crippen LogP contribution < -0.4 is 5.32 Å². The van der Waals surface area contributed by atoms with E-state index in [1.807, 2.05) is 55.8 Å². The lowest BCUT2D eigenvalue weighted by molar-refractivity contribution is 0.848. The summed E-state index contributed by atoms with van der Waals surface area (Å²) < 4.78 is 2.08. The Balaban J connectivity index is 1.90. The topological polar surface area (TPSA) is 42.7 Å². The zero-order valence-corrected chi connectivity index (χ0v) is 12.2. The Hall–Kier alpha value is -2.62. The maximum absolute atomic E-state index is 4.59. The van der Waals surface area contributed by atoms with E-state index in [1.54, 1.807) is 0 Å². The smallest absolute Gasteiger partial charge is 0.208 e. The Labute approximate surface area is 124 Å². The highest BCUT2D eigenvalue weighted by Crippen LogP contribution is 2.21. The maximum Gasteiger partial charge on any atom is 0.208 e. The van der Waals surface area contributed by atoms with Crippen molar-refractivity contribution in [3.63, 3.8) is 0 Å². The first-order chi connectivity index (χ1) is 10.2. The second-order valence-electron chi connectivity index (χ2n) is 5.06. The van der Waals surface area contributed by atoms with Gasteiger partial charge in [-0.2, -0.15) is 0 Å². The second kappa shape index (κ2) is 5.79. The van der Waals surface area contributed by atoms with Gasteiger partial charge < -0.3 is 5.32 Å². The van der Waals surface area contributed by atoms with Crippen LogP contribution >= 0.6 is 0 Å². The molecular weight excluding hydrogens is 260 g/mol. The third-order valence-corrected chi connectivity index (χ3v) is 3.41. The number of hydrogen-bond acceptors (Lipinski definition) is 3. The van der Waals surface area contributed by atoms with E-state index in [-0.39, 0.29) is 6.04 Å². The van der Waals surface area contributed by atoms with Crippen molar-refractivity contribution in [3.05, 3.63) is 72.3 Å². The highest BCUT2D eigenvalue weighted by Gasteiger charge is 2.11. The van der Waals surface area contributed by atoms with Gasteiger partial charge >= 0.3 is 0 Å². The van der Waals surface area contributed by atoms with Crippen LogP contribution in [-0.2, 0) is 0 Å². The van der Waals surface area contributed by atoms with E-state index in [4.69, 9.17) is 0 Å². The van der Waals surface area contributed by atoms with Crippen LogP contribution in [0.4, 0.5) is 5.95 Å². The summed E-state index contributed by atoms with van der Waals surface area (Å²) in [5.41, 5.74) is 3.27. The van der Waals surface area contributed by atoms with Gasteiger partial charge in [-0.25, -0.2) is 4.98 Å². The lowest BCUT2D eigenvalue weighted by Gasteiger charge is -2.16. The van der Waals surface area contributed by atoms with E-state index >= 15 is 0 Å². The zero-order valence-electron chi connectivity index (χ0n) is 12.2. The molecule has 1 N–H and O–H groups in total. The summed E-state index contributed by atoms with van der Waals surface area (Å²) in [6.07, 6.45) is 5.65. The lowest BCUT2D eigenvalue weighted by atomic mass is 10.1. The molecule has 0 saturated carbocycles. The zero-order chi connectivity index (χ0) is 14.7. The minimum atomic E-state index is 0.164. The van der Waals surface area contributed by atoms with Gasteiger partial charge in [-0.3, -0.25) is 9.55 Å². The quantitative estimate of drug-likeness (QED) is 0.790. The summed E-state index contributed by atoms with van der Waals surface area (Å²) in [4.78, 5) is 8.64. The van der Waals surface area contributed by atoms with Crippen molar-refractivity contribution in [3.8, 4) is 5.69 Å². The van der Waals surface area contributed by atoms with Crippen LogP contribution in [-0.4, -0.2) is 14.5 Å². The predicted octanol–water partition coefficient (Wildman–Crippen LogP) is 3.75. The highest BCUT2D eigenvalue weighted by atomic mass is 15.2. The molecule has 0 spiro atoms. The first kappa shape index (κ1) is 13.4. The summed E-state index contributed by atoms with van der Waals surface area (Å²) >= 11 is 0. The molecule has 1 aromatic carbocycles. The van der Waals surface area contributed by atoms with E-state index in [9.17, 15) is 0 Å². The van der Waals surface area contributed by atoms with Crippen LogP contribution in [0.5, 0.6) is 0 Å². The van der Waals surface area contributed by atoms with Crippen molar-refractivity contribution in [2.75, 3.05) is 5.32 Å². The van der Waals surface area contributed by atoms with Crippen molar-refractivity contribution in [1.82, 2.24) is 14.5 Å². The van der Waals surface area contributed by atoms with E-state index in [1.165, 1.54) is 5.56 Å². The van der Waals surface area contributed by atoms with Gasteiger partial charge in [0, 0.05) is 24.3 Å². The fraction of sp³-hybridized carbons (Fsp3) is 0.176. The fourth-order valence-corrected chi connectivity index (χ4v) is 2.31. The van der Waals surface area contributed by atoms with Gasteiger partial charge in [-0.15, -0.1) is 0 Å². The molecular formula is C17H18N4. The summed E-state index contributed by atoms with van der Waals surface area (Å²) in [6.45, 7) is 4.12. The lowest BCUT2D eigenvalue weighted by Crippen LogP contribution is -2.11. The summed E-state index contributed by atoms with van der Waals surface area (Å²) in [5, 5.41) is 3.47. The van der Waals surface area contributed by atoms with Crippen molar-refractivity contribution in [2.45, 2.75) is 19.9 Å². The summed E-state index contributed by atoms with van der Waals surface area (Å²) in [7, 11) is 0. The van der Waals surface area contributed by atoms with Gasteiger partial charge in [0.15, 0.2) is 0 Å². The van der Waals surface area contributed by atoms with Gasteiger partial charge in [0.25, 0.3) is 0 Å². The summed E-state index contributed by atoms with van der Waals surface area (Å²) in [6, 6.07) is 14.4. The number of benzene rings is 1. The Morgan fingerprint density at radius 3 is 2.48 bits per heavy atom. The number of imidazole rings is 1. The first-order valence-corrected chi connectivity index (χ1v) is 7.02. The summed E-state index contributed by atoms with van der Waals surface area (Å²) in [5.74, 6) is 0.850. The highest BCUT2D eigenvalue weighted by molar-refractivity contribution is 5.44. The number of para-hydroxylation sites is 1. The SMILES string of the molecule is Cc1cn(-c2ccccc2)c(NC(C)c2ccncc2)n1. The Kier molecular flexibility index (Phi) is 3.69. The standard InChI is InChI=1S/C17H18N4/c1-13-12-21(16-6-4-3-5-7-16)17(19-13)20-14(2)15-8-10-18-11-9-15/h3-12,14H,1-2H3,(H,19,20). The Bertz CT molecular complexity index is 704. The van der Waals surface area contributed by atoms with Crippen LogP contribution in [0.1, 0.15) is 24.2 Å². The number of hydrogen-bond donors (Lipinski definition) is 1. The molecule has 3 aromatic rings.